The summed E-state index contributed by atoms with van der Waals surface area (Å²) < 4.78 is 39.6. The van der Waals surface area contributed by atoms with E-state index in [-0.39, 0.29) is 6.42 Å². The highest BCUT2D eigenvalue weighted by Gasteiger charge is 2.44. The monoisotopic (exact) mass is 307 g/mol. The van der Waals surface area contributed by atoms with E-state index in [4.69, 9.17) is 0 Å². The van der Waals surface area contributed by atoms with Crippen LogP contribution >= 0.6 is 15.9 Å². The van der Waals surface area contributed by atoms with E-state index in [1.807, 2.05) is 0 Å². The Morgan fingerprint density at radius 1 is 1.12 bits per heavy atom. The van der Waals surface area contributed by atoms with Crippen LogP contribution in [0.5, 0.6) is 0 Å². The van der Waals surface area contributed by atoms with Gasteiger partial charge in [-0.2, -0.15) is 13.2 Å². The van der Waals surface area contributed by atoms with Crippen molar-refractivity contribution in [3.8, 4) is 0 Å². The topological polar surface area (TPSA) is 3.24 Å². The average Bonchev–Trinajstić information content (AvgIpc) is 2.29. The maximum Gasteiger partial charge on any atom is 0.408 e. The molecule has 1 fully saturated rings. The Morgan fingerprint density at radius 3 is 2.35 bits per heavy atom. The molecule has 1 aromatic rings. The van der Waals surface area contributed by atoms with E-state index in [2.05, 4.69) is 15.9 Å². The Balaban J connectivity index is 2.25. The van der Waals surface area contributed by atoms with Gasteiger partial charge in [-0.1, -0.05) is 15.9 Å². The second-order valence-corrected chi connectivity index (χ2v) is 5.14. The second-order valence-electron chi connectivity index (χ2n) is 4.22. The lowest BCUT2D eigenvalue weighted by Gasteiger charge is -2.38. The van der Waals surface area contributed by atoms with Crippen molar-refractivity contribution in [1.82, 2.24) is 0 Å². The van der Waals surface area contributed by atoms with Crippen molar-refractivity contribution in [2.45, 2.75) is 31.5 Å². The smallest absolute Gasteiger partial charge is 0.360 e. The fraction of sp³-hybridized carbons (Fsp3) is 0.500. The molecule has 0 spiro atoms. The van der Waals surface area contributed by atoms with Gasteiger partial charge in [-0.15, -0.1) is 0 Å². The first kappa shape index (κ1) is 12.7. The molecule has 1 aromatic carbocycles. The van der Waals surface area contributed by atoms with Gasteiger partial charge in [0.15, 0.2) is 0 Å². The van der Waals surface area contributed by atoms with Gasteiger partial charge in [-0.3, -0.25) is 0 Å². The van der Waals surface area contributed by atoms with E-state index < -0.39 is 12.2 Å². The normalized spacial score (nSPS) is 21.6. The van der Waals surface area contributed by atoms with Crippen LogP contribution in [0, 0.1) is 0 Å². The lowest BCUT2D eigenvalue weighted by atomic mass is 10.0. The van der Waals surface area contributed by atoms with Crippen molar-refractivity contribution in [1.29, 1.82) is 0 Å². The molecule has 94 valence electrons. The van der Waals surface area contributed by atoms with Crippen LogP contribution in [0.4, 0.5) is 18.9 Å². The highest BCUT2D eigenvalue weighted by Crippen LogP contribution is 2.35. The first-order valence-electron chi connectivity index (χ1n) is 5.57. The molecule has 0 aromatic heterocycles. The van der Waals surface area contributed by atoms with Crippen LogP contribution < -0.4 is 4.90 Å². The van der Waals surface area contributed by atoms with Gasteiger partial charge < -0.3 is 4.90 Å². The molecule has 0 bridgehead atoms. The SMILES string of the molecule is FC(F)(F)C1CCCCN1c1ccc(Br)cc1. The summed E-state index contributed by atoms with van der Waals surface area (Å²) in [6, 6.07) is 5.68. The predicted octanol–water partition coefficient (Wildman–Crippen LogP) is 4.37. The first-order chi connectivity index (χ1) is 7.98. The van der Waals surface area contributed by atoms with Crippen molar-refractivity contribution >= 4 is 21.6 Å². The quantitative estimate of drug-likeness (QED) is 0.744. The summed E-state index contributed by atoms with van der Waals surface area (Å²) in [4.78, 5) is 1.47. The number of hydrogen-bond donors (Lipinski definition) is 0. The van der Waals surface area contributed by atoms with Crippen molar-refractivity contribution < 1.29 is 13.2 Å². The molecule has 1 nitrogen and oxygen atoms in total. The second kappa shape index (κ2) is 4.88. The van der Waals surface area contributed by atoms with E-state index in [1.54, 1.807) is 24.3 Å². The van der Waals surface area contributed by atoms with Gasteiger partial charge in [0.1, 0.15) is 6.04 Å². The molecule has 0 N–H and O–H groups in total. The molecule has 5 heteroatoms. The molecule has 1 heterocycles. The highest BCUT2D eigenvalue weighted by atomic mass is 79.9. The largest absolute Gasteiger partial charge is 0.408 e. The Hall–Kier alpha value is -0.710. The molecule has 1 saturated heterocycles. The molecule has 0 amide bonds. The van der Waals surface area contributed by atoms with Crippen LogP contribution in [0.15, 0.2) is 28.7 Å². The zero-order chi connectivity index (χ0) is 12.5. The predicted molar refractivity (Wildman–Crippen MR) is 65.2 cm³/mol. The number of nitrogens with zero attached hydrogens (tertiary/aromatic N) is 1. The third kappa shape index (κ3) is 2.94. The molecule has 0 saturated carbocycles. The van der Waals surface area contributed by atoms with Crippen molar-refractivity contribution in [2.24, 2.45) is 0 Å². The molecule has 0 radical (unpaired) electrons. The van der Waals surface area contributed by atoms with Gasteiger partial charge in [0, 0.05) is 16.7 Å². The third-order valence-corrected chi connectivity index (χ3v) is 3.57. The third-order valence-electron chi connectivity index (χ3n) is 3.04. The van der Waals surface area contributed by atoms with Crippen LogP contribution in [0.2, 0.25) is 0 Å². The number of hydrogen-bond acceptors (Lipinski definition) is 1. The zero-order valence-corrected chi connectivity index (χ0v) is 10.8. The van der Waals surface area contributed by atoms with Crippen molar-refractivity contribution in [3.63, 3.8) is 0 Å². The van der Waals surface area contributed by atoms with E-state index in [0.29, 0.717) is 18.7 Å². The molecule has 1 unspecified atom stereocenters. The lowest BCUT2D eigenvalue weighted by Crippen LogP contribution is -2.48. The maximum absolute atomic E-state index is 12.9. The summed E-state index contributed by atoms with van der Waals surface area (Å²) in [5, 5.41) is 0. The number of halogens is 4. The Morgan fingerprint density at radius 2 is 1.76 bits per heavy atom. The van der Waals surface area contributed by atoms with E-state index in [1.165, 1.54) is 4.90 Å². The Bertz CT molecular complexity index is 374. The molecule has 1 atom stereocenters. The van der Waals surface area contributed by atoms with Crippen molar-refractivity contribution in [3.05, 3.63) is 28.7 Å². The summed E-state index contributed by atoms with van der Waals surface area (Å²) in [7, 11) is 0. The minimum Gasteiger partial charge on any atom is -0.360 e. The van der Waals surface area contributed by atoms with Gasteiger partial charge in [0.25, 0.3) is 0 Å². The Kier molecular flexibility index (Phi) is 3.66. The van der Waals surface area contributed by atoms with Crippen LogP contribution in [-0.4, -0.2) is 18.8 Å². The number of alkyl halides is 3. The van der Waals surface area contributed by atoms with Gasteiger partial charge in [0.2, 0.25) is 0 Å². The van der Waals surface area contributed by atoms with Crippen molar-refractivity contribution in [2.75, 3.05) is 11.4 Å². The number of rotatable bonds is 1. The van der Waals surface area contributed by atoms with E-state index >= 15 is 0 Å². The summed E-state index contributed by atoms with van der Waals surface area (Å²) in [5.41, 5.74) is 0.648. The Labute approximate surface area is 107 Å². The minimum atomic E-state index is -4.15. The molecule has 2 rings (SSSR count). The van der Waals surface area contributed by atoms with Gasteiger partial charge in [0.05, 0.1) is 0 Å². The molecule has 1 aliphatic heterocycles. The molecular formula is C12H13BrF3N. The zero-order valence-electron chi connectivity index (χ0n) is 9.17. The van der Waals surface area contributed by atoms with E-state index in [9.17, 15) is 13.2 Å². The maximum atomic E-state index is 12.9. The average molecular weight is 308 g/mol. The van der Waals surface area contributed by atoms with E-state index in [0.717, 1.165) is 10.9 Å². The fourth-order valence-electron chi connectivity index (χ4n) is 2.21. The summed E-state index contributed by atoms with van der Waals surface area (Å²) in [6.07, 6.45) is -2.48. The van der Waals surface area contributed by atoms with Gasteiger partial charge in [-0.05, 0) is 43.5 Å². The van der Waals surface area contributed by atoms with Crippen LogP contribution in [-0.2, 0) is 0 Å². The molecular weight excluding hydrogens is 295 g/mol. The number of piperidine rings is 1. The van der Waals surface area contributed by atoms with Crippen LogP contribution in [0.1, 0.15) is 19.3 Å². The molecule has 17 heavy (non-hydrogen) atoms. The minimum absolute atomic E-state index is 0.194. The lowest BCUT2D eigenvalue weighted by molar-refractivity contribution is -0.152. The summed E-state index contributed by atoms with van der Waals surface area (Å²) in [5.74, 6) is 0. The van der Waals surface area contributed by atoms with Gasteiger partial charge >= 0.3 is 6.18 Å². The van der Waals surface area contributed by atoms with Gasteiger partial charge in [-0.25, -0.2) is 0 Å². The molecule has 1 aliphatic rings. The summed E-state index contributed by atoms with van der Waals surface area (Å²) >= 11 is 3.28. The highest BCUT2D eigenvalue weighted by molar-refractivity contribution is 9.10. The van der Waals surface area contributed by atoms with Crippen LogP contribution in [0.25, 0.3) is 0 Å². The molecule has 0 aliphatic carbocycles. The summed E-state index contributed by atoms with van der Waals surface area (Å²) in [6.45, 7) is 0.478. The number of anilines is 1. The van der Waals surface area contributed by atoms with Crippen LogP contribution in [0.3, 0.4) is 0 Å². The number of benzene rings is 1. The first-order valence-corrected chi connectivity index (χ1v) is 6.37. The standard InChI is InChI=1S/C12H13BrF3N/c13-9-4-6-10(7-5-9)17-8-2-1-3-11(17)12(14,15)16/h4-7,11H,1-3,8H2. The fourth-order valence-corrected chi connectivity index (χ4v) is 2.48.